The van der Waals surface area contributed by atoms with Crippen molar-refractivity contribution in [2.45, 2.75) is 12.6 Å². The van der Waals surface area contributed by atoms with Crippen LogP contribution in [0.4, 0.5) is 0 Å². The van der Waals surface area contributed by atoms with E-state index in [1.54, 1.807) is 11.9 Å². The van der Waals surface area contributed by atoms with Crippen molar-refractivity contribution in [2.75, 3.05) is 7.05 Å². The van der Waals surface area contributed by atoms with Crippen LogP contribution in [-0.4, -0.2) is 27.4 Å². The van der Waals surface area contributed by atoms with E-state index < -0.39 is 11.2 Å². The maximum atomic E-state index is 12.8. The van der Waals surface area contributed by atoms with E-state index in [9.17, 15) is 14.4 Å². The Morgan fingerprint density at radius 1 is 1.00 bits per heavy atom. The van der Waals surface area contributed by atoms with Gasteiger partial charge in [0.2, 0.25) is 5.91 Å². The number of amides is 1. The molecule has 1 N–H and O–H groups in total. The third kappa shape index (κ3) is 2.56. The van der Waals surface area contributed by atoms with Crippen LogP contribution in [0, 0.1) is 0 Å². The highest BCUT2D eigenvalue weighted by molar-refractivity contribution is 5.83. The molecule has 6 nitrogen and oxygen atoms in total. The molecule has 0 saturated carbocycles. The normalized spacial score (nSPS) is 12.5. The summed E-state index contributed by atoms with van der Waals surface area (Å²) >= 11 is 0. The minimum atomic E-state index is -0.591. The number of nitrogens with zero attached hydrogens (tertiary/aromatic N) is 2. The Bertz CT molecular complexity index is 1070. The molecule has 6 heteroatoms. The number of aromatic nitrogens is 2. The quantitative estimate of drug-likeness (QED) is 0.784. The Labute approximate surface area is 149 Å². The summed E-state index contributed by atoms with van der Waals surface area (Å²) < 4.78 is 1.20. The van der Waals surface area contributed by atoms with Crippen molar-refractivity contribution in [3.05, 3.63) is 92.8 Å². The lowest BCUT2D eigenvalue weighted by Crippen LogP contribution is -2.38. The SMILES string of the molecule is CN(C(=O)Cn1ccc(=O)[nH]c1=O)C1c2ccccc2-c2ccccc21. The van der Waals surface area contributed by atoms with Gasteiger partial charge in [0.15, 0.2) is 0 Å². The molecule has 3 aromatic rings. The average Bonchev–Trinajstić information content (AvgIpc) is 2.98. The number of carbonyl (C=O) groups is 1. The van der Waals surface area contributed by atoms with Gasteiger partial charge in [-0.15, -0.1) is 0 Å². The van der Waals surface area contributed by atoms with Crippen LogP contribution >= 0.6 is 0 Å². The number of hydrogen-bond donors (Lipinski definition) is 1. The number of H-pyrrole nitrogens is 1. The van der Waals surface area contributed by atoms with Crippen molar-refractivity contribution in [1.82, 2.24) is 14.5 Å². The van der Waals surface area contributed by atoms with E-state index >= 15 is 0 Å². The second-order valence-electron chi connectivity index (χ2n) is 6.32. The van der Waals surface area contributed by atoms with Crippen LogP contribution in [0.25, 0.3) is 11.1 Å². The fourth-order valence-electron chi connectivity index (χ4n) is 3.52. The molecule has 0 spiro atoms. The first kappa shape index (κ1) is 16.1. The van der Waals surface area contributed by atoms with Gasteiger partial charge in [-0.05, 0) is 22.3 Å². The first-order valence-electron chi connectivity index (χ1n) is 8.30. The van der Waals surface area contributed by atoms with Gasteiger partial charge in [0, 0.05) is 19.3 Å². The maximum Gasteiger partial charge on any atom is 0.328 e. The Morgan fingerprint density at radius 3 is 2.15 bits per heavy atom. The number of aromatic amines is 1. The van der Waals surface area contributed by atoms with Crippen LogP contribution in [0.3, 0.4) is 0 Å². The average molecular weight is 347 g/mol. The van der Waals surface area contributed by atoms with Crippen LogP contribution in [-0.2, 0) is 11.3 Å². The predicted molar refractivity (Wildman–Crippen MR) is 97.8 cm³/mol. The molecule has 0 atom stereocenters. The molecule has 0 radical (unpaired) electrons. The molecule has 1 aromatic heterocycles. The van der Waals surface area contributed by atoms with Gasteiger partial charge in [0.1, 0.15) is 6.54 Å². The summed E-state index contributed by atoms with van der Waals surface area (Å²) in [4.78, 5) is 39.7. The molecule has 0 aliphatic heterocycles. The summed E-state index contributed by atoms with van der Waals surface area (Å²) in [6.07, 6.45) is 1.34. The molecular formula is C20H17N3O3. The van der Waals surface area contributed by atoms with Gasteiger partial charge < -0.3 is 4.90 Å². The molecule has 4 rings (SSSR count). The number of likely N-dealkylation sites (N-methyl/N-ethyl adjacent to an activating group) is 1. The molecule has 130 valence electrons. The third-order valence-electron chi connectivity index (χ3n) is 4.78. The number of carbonyl (C=O) groups excluding carboxylic acids is 1. The topological polar surface area (TPSA) is 75.2 Å². The zero-order valence-corrected chi connectivity index (χ0v) is 14.2. The van der Waals surface area contributed by atoms with Crippen LogP contribution < -0.4 is 11.2 Å². The molecule has 0 saturated heterocycles. The van der Waals surface area contributed by atoms with Gasteiger partial charge in [0.05, 0.1) is 6.04 Å². The second kappa shape index (κ2) is 6.15. The van der Waals surface area contributed by atoms with Crippen LogP contribution in [0.5, 0.6) is 0 Å². The van der Waals surface area contributed by atoms with Gasteiger partial charge in [0.25, 0.3) is 5.56 Å². The summed E-state index contributed by atoms with van der Waals surface area (Å²) in [5.74, 6) is -0.212. The molecule has 0 fully saturated rings. The molecular weight excluding hydrogens is 330 g/mol. The number of hydrogen-bond acceptors (Lipinski definition) is 3. The smallest absolute Gasteiger partial charge is 0.328 e. The lowest BCUT2D eigenvalue weighted by molar-refractivity contribution is -0.132. The summed E-state index contributed by atoms with van der Waals surface area (Å²) in [5.41, 5.74) is 3.30. The van der Waals surface area contributed by atoms with E-state index in [1.807, 2.05) is 36.4 Å². The van der Waals surface area contributed by atoms with Gasteiger partial charge in [-0.3, -0.25) is 19.1 Å². The summed E-state index contributed by atoms with van der Waals surface area (Å²) in [7, 11) is 1.74. The van der Waals surface area contributed by atoms with Crippen molar-refractivity contribution in [1.29, 1.82) is 0 Å². The lowest BCUT2D eigenvalue weighted by Gasteiger charge is -2.27. The van der Waals surface area contributed by atoms with E-state index in [0.717, 1.165) is 22.3 Å². The maximum absolute atomic E-state index is 12.8. The van der Waals surface area contributed by atoms with Gasteiger partial charge in [-0.25, -0.2) is 4.79 Å². The molecule has 1 heterocycles. The fraction of sp³-hybridized carbons (Fsp3) is 0.150. The number of rotatable bonds is 3. The number of benzene rings is 2. The summed E-state index contributed by atoms with van der Waals surface area (Å²) in [5, 5.41) is 0. The first-order valence-corrected chi connectivity index (χ1v) is 8.30. The number of nitrogens with one attached hydrogen (secondary N) is 1. The standard InChI is InChI=1S/C20H17N3O3/c1-22(18(25)12-23-11-10-17(24)21-20(23)26)19-15-8-4-2-6-13(15)14-7-3-5-9-16(14)19/h2-11,19H,12H2,1H3,(H,21,24,26). The predicted octanol–water partition coefficient (Wildman–Crippen LogP) is 1.76. The van der Waals surface area contributed by atoms with E-state index in [-0.39, 0.29) is 18.5 Å². The molecule has 26 heavy (non-hydrogen) atoms. The van der Waals surface area contributed by atoms with E-state index in [1.165, 1.54) is 16.8 Å². The Balaban J connectivity index is 1.69. The van der Waals surface area contributed by atoms with Gasteiger partial charge in [-0.2, -0.15) is 0 Å². The van der Waals surface area contributed by atoms with Crippen molar-refractivity contribution >= 4 is 5.91 Å². The monoisotopic (exact) mass is 347 g/mol. The third-order valence-corrected chi connectivity index (χ3v) is 4.78. The molecule has 1 aliphatic carbocycles. The van der Waals surface area contributed by atoms with E-state index in [2.05, 4.69) is 17.1 Å². The molecule has 0 bridgehead atoms. The Morgan fingerprint density at radius 2 is 1.58 bits per heavy atom. The van der Waals surface area contributed by atoms with Crippen LogP contribution in [0.15, 0.2) is 70.4 Å². The van der Waals surface area contributed by atoms with Crippen molar-refractivity contribution in [3.8, 4) is 11.1 Å². The lowest BCUT2D eigenvalue weighted by atomic mass is 10.0. The van der Waals surface area contributed by atoms with Crippen LogP contribution in [0.1, 0.15) is 17.2 Å². The van der Waals surface area contributed by atoms with Crippen LogP contribution in [0.2, 0.25) is 0 Å². The van der Waals surface area contributed by atoms with Gasteiger partial charge in [-0.1, -0.05) is 48.5 Å². The highest BCUT2D eigenvalue weighted by Gasteiger charge is 2.33. The van der Waals surface area contributed by atoms with Crippen molar-refractivity contribution in [3.63, 3.8) is 0 Å². The first-order chi connectivity index (χ1) is 12.6. The van der Waals surface area contributed by atoms with E-state index in [4.69, 9.17) is 0 Å². The minimum absolute atomic E-state index is 0.132. The summed E-state index contributed by atoms with van der Waals surface area (Å²) in [6.45, 7) is -0.132. The molecule has 2 aromatic carbocycles. The molecule has 1 amide bonds. The Kier molecular flexibility index (Phi) is 3.80. The van der Waals surface area contributed by atoms with Crippen molar-refractivity contribution < 1.29 is 4.79 Å². The minimum Gasteiger partial charge on any atom is -0.333 e. The molecule has 1 aliphatic rings. The Hall–Kier alpha value is -3.41. The largest absolute Gasteiger partial charge is 0.333 e. The zero-order chi connectivity index (χ0) is 18.3. The highest BCUT2D eigenvalue weighted by Crippen LogP contribution is 2.45. The summed E-state index contributed by atoms with van der Waals surface area (Å²) in [6, 6.07) is 17.1. The van der Waals surface area contributed by atoms with Gasteiger partial charge >= 0.3 is 5.69 Å². The van der Waals surface area contributed by atoms with E-state index in [0.29, 0.717) is 0 Å². The molecule has 0 unspecified atom stereocenters. The van der Waals surface area contributed by atoms with Crippen molar-refractivity contribution in [2.24, 2.45) is 0 Å². The fourth-order valence-corrected chi connectivity index (χ4v) is 3.52. The zero-order valence-electron chi connectivity index (χ0n) is 14.2. The highest BCUT2D eigenvalue weighted by atomic mass is 16.2. The second-order valence-corrected chi connectivity index (χ2v) is 6.32. The number of fused-ring (bicyclic) bond motifs is 3.